The van der Waals surface area contributed by atoms with Crippen LogP contribution in [0.3, 0.4) is 0 Å². The van der Waals surface area contributed by atoms with Gasteiger partial charge < -0.3 is 20.3 Å². The lowest BCUT2D eigenvalue weighted by atomic mass is 9.92. The Morgan fingerprint density at radius 3 is 2.18 bits per heavy atom. The number of hydrogen-bond acceptors (Lipinski definition) is 4. The van der Waals surface area contributed by atoms with E-state index in [9.17, 15) is 9.59 Å². The highest BCUT2D eigenvalue weighted by Gasteiger charge is 2.26. The molecular formula is C26H41N5O3. The Morgan fingerprint density at radius 2 is 1.68 bits per heavy atom. The van der Waals surface area contributed by atoms with Crippen molar-refractivity contribution in [3.63, 3.8) is 0 Å². The van der Waals surface area contributed by atoms with Crippen LogP contribution in [-0.4, -0.2) is 46.3 Å². The molecule has 2 aromatic rings. The first-order valence-corrected chi connectivity index (χ1v) is 11.9. The molecule has 0 fully saturated rings. The first-order chi connectivity index (χ1) is 15.7. The van der Waals surface area contributed by atoms with E-state index in [1.165, 1.54) is 4.90 Å². The molecule has 0 spiro atoms. The molecule has 1 aromatic heterocycles. The summed E-state index contributed by atoms with van der Waals surface area (Å²) in [5.74, 6) is 1.29. The zero-order valence-electron chi connectivity index (χ0n) is 22.2. The van der Waals surface area contributed by atoms with Crippen molar-refractivity contribution < 1.29 is 14.3 Å². The molecule has 1 aromatic carbocycles. The van der Waals surface area contributed by atoms with Gasteiger partial charge in [-0.05, 0) is 57.9 Å². The minimum absolute atomic E-state index is 0.0682. The molecule has 2 rings (SSSR count). The molecule has 0 radical (unpaired) electrons. The van der Waals surface area contributed by atoms with Crippen LogP contribution in [0.25, 0.3) is 0 Å². The topological polar surface area (TPSA) is 88.5 Å². The van der Waals surface area contributed by atoms with Crippen LogP contribution in [0, 0.1) is 5.92 Å². The average Bonchev–Trinajstić information content (AvgIpc) is 3.13. The molecule has 0 saturated carbocycles. The van der Waals surface area contributed by atoms with Crippen molar-refractivity contribution in [2.75, 3.05) is 30.3 Å². The largest absolute Gasteiger partial charge is 0.494 e. The van der Waals surface area contributed by atoms with E-state index >= 15 is 0 Å². The summed E-state index contributed by atoms with van der Waals surface area (Å²) in [6.45, 7) is 19.3. The van der Waals surface area contributed by atoms with Crippen molar-refractivity contribution in [3.05, 3.63) is 36.0 Å². The van der Waals surface area contributed by atoms with Crippen molar-refractivity contribution in [1.82, 2.24) is 14.7 Å². The third-order valence-corrected chi connectivity index (χ3v) is 5.00. The highest BCUT2D eigenvalue weighted by molar-refractivity contribution is 5.96. The quantitative estimate of drug-likeness (QED) is 0.535. The molecule has 34 heavy (non-hydrogen) atoms. The zero-order valence-corrected chi connectivity index (χ0v) is 22.2. The molecule has 2 N–H and O–H groups in total. The van der Waals surface area contributed by atoms with E-state index in [-0.39, 0.29) is 35.4 Å². The molecule has 8 heteroatoms. The molecule has 8 nitrogen and oxygen atoms in total. The Bertz CT molecular complexity index is 966. The van der Waals surface area contributed by atoms with Crippen molar-refractivity contribution >= 4 is 23.4 Å². The Morgan fingerprint density at radius 1 is 1.06 bits per heavy atom. The lowest BCUT2D eigenvalue weighted by Gasteiger charge is -2.26. The highest BCUT2D eigenvalue weighted by atomic mass is 16.5. The van der Waals surface area contributed by atoms with E-state index in [2.05, 4.69) is 31.4 Å². The van der Waals surface area contributed by atoms with Crippen LogP contribution in [0.4, 0.5) is 16.3 Å². The molecule has 0 aliphatic carbocycles. The summed E-state index contributed by atoms with van der Waals surface area (Å²) in [7, 11) is 0. The molecule has 0 aliphatic heterocycles. The average molecular weight is 472 g/mol. The Hall–Kier alpha value is -3.03. The predicted octanol–water partition coefficient (Wildman–Crippen LogP) is 5.46. The fourth-order valence-electron chi connectivity index (χ4n) is 3.37. The number of urea groups is 1. The van der Waals surface area contributed by atoms with Gasteiger partial charge >= 0.3 is 6.03 Å². The van der Waals surface area contributed by atoms with Gasteiger partial charge in [0.15, 0.2) is 0 Å². The first-order valence-electron chi connectivity index (χ1n) is 11.9. The van der Waals surface area contributed by atoms with Crippen molar-refractivity contribution in [2.24, 2.45) is 5.92 Å². The number of amides is 3. The van der Waals surface area contributed by atoms with Crippen LogP contribution < -0.4 is 15.4 Å². The smallest absolute Gasteiger partial charge is 0.322 e. The third-order valence-electron chi connectivity index (χ3n) is 5.00. The van der Waals surface area contributed by atoms with E-state index in [0.29, 0.717) is 24.7 Å². The van der Waals surface area contributed by atoms with E-state index < -0.39 is 0 Å². The lowest BCUT2D eigenvalue weighted by molar-refractivity contribution is -0.116. The molecule has 0 atom stereocenters. The van der Waals surface area contributed by atoms with Gasteiger partial charge in [-0.3, -0.25) is 4.79 Å². The van der Waals surface area contributed by atoms with Crippen LogP contribution in [0.1, 0.15) is 68.0 Å². The maximum Gasteiger partial charge on any atom is 0.322 e. The van der Waals surface area contributed by atoms with E-state index in [1.807, 2.05) is 52.3 Å². The molecule has 0 bridgehead atoms. The van der Waals surface area contributed by atoms with Crippen LogP contribution in [0.5, 0.6) is 5.75 Å². The second kappa shape index (κ2) is 10.9. The van der Waals surface area contributed by atoms with Gasteiger partial charge in [0, 0.05) is 23.7 Å². The third kappa shape index (κ3) is 7.78. The van der Waals surface area contributed by atoms with Gasteiger partial charge in [-0.1, -0.05) is 34.6 Å². The molecule has 0 unspecified atom stereocenters. The molecule has 188 valence electrons. The Balaban J connectivity index is 2.16. The van der Waals surface area contributed by atoms with Gasteiger partial charge in [0.05, 0.1) is 17.8 Å². The molecular weight excluding hydrogens is 430 g/mol. The summed E-state index contributed by atoms with van der Waals surface area (Å²) < 4.78 is 7.28. The van der Waals surface area contributed by atoms with Gasteiger partial charge in [-0.25, -0.2) is 9.48 Å². The summed E-state index contributed by atoms with van der Waals surface area (Å²) in [6, 6.07) is 8.76. The first kappa shape index (κ1) is 27.2. The monoisotopic (exact) mass is 471 g/mol. The zero-order chi connectivity index (χ0) is 25.7. The summed E-state index contributed by atoms with van der Waals surface area (Å²) >= 11 is 0. The number of benzene rings is 1. The van der Waals surface area contributed by atoms with E-state index in [4.69, 9.17) is 9.84 Å². The number of carbonyl (C=O) groups excluding carboxylic acids is 2. The van der Waals surface area contributed by atoms with Crippen molar-refractivity contribution in [3.8, 4) is 5.75 Å². The Kier molecular flexibility index (Phi) is 8.75. The second-order valence-electron chi connectivity index (χ2n) is 11.0. The standard InChI is InChI=1S/C26H41N5O3/c1-10-34-20-13-11-19(12-14-20)27-24(33)30(16-18(2)3)17-23(32)28-22-15-21(25(4,5)6)29-31(22)26(7,8)9/h11-15,18H,10,16-17H2,1-9H3,(H,27,33)(H,28,32). The minimum Gasteiger partial charge on any atom is -0.494 e. The number of nitrogens with zero attached hydrogens (tertiary/aromatic N) is 3. The van der Waals surface area contributed by atoms with Crippen LogP contribution in [-0.2, 0) is 15.7 Å². The number of anilines is 2. The molecule has 0 aliphatic rings. The van der Waals surface area contributed by atoms with E-state index in [1.54, 1.807) is 24.3 Å². The summed E-state index contributed by atoms with van der Waals surface area (Å²) in [5, 5.41) is 10.6. The van der Waals surface area contributed by atoms with Gasteiger partial charge in [0.25, 0.3) is 0 Å². The summed E-state index contributed by atoms with van der Waals surface area (Å²) in [5.41, 5.74) is 1.07. The summed E-state index contributed by atoms with van der Waals surface area (Å²) in [6.07, 6.45) is 0. The number of ether oxygens (including phenoxy) is 1. The second-order valence-corrected chi connectivity index (χ2v) is 11.0. The maximum atomic E-state index is 13.0. The molecule has 3 amide bonds. The fraction of sp³-hybridized carbons (Fsp3) is 0.577. The number of carbonyl (C=O) groups is 2. The van der Waals surface area contributed by atoms with Crippen molar-refractivity contribution in [1.29, 1.82) is 0 Å². The van der Waals surface area contributed by atoms with Gasteiger partial charge in [0.2, 0.25) is 5.91 Å². The van der Waals surface area contributed by atoms with Gasteiger partial charge in [-0.2, -0.15) is 5.10 Å². The lowest BCUT2D eigenvalue weighted by Crippen LogP contribution is -2.43. The van der Waals surface area contributed by atoms with Crippen LogP contribution in [0.2, 0.25) is 0 Å². The number of hydrogen-bond donors (Lipinski definition) is 2. The fourth-order valence-corrected chi connectivity index (χ4v) is 3.37. The summed E-state index contributed by atoms with van der Waals surface area (Å²) in [4.78, 5) is 27.5. The van der Waals surface area contributed by atoms with Gasteiger partial charge in [0.1, 0.15) is 18.1 Å². The van der Waals surface area contributed by atoms with Crippen LogP contribution in [0.15, 0.2) is 30.3 Å². The molecule has 1 heterocycles. The van der Waals surface area contributed by atoms with E-state index in [0.717, 1.165) is 11.4 Å². The highest BCUT2D eigenvalue weighted by Crippen LogP contribution is 2.28. The predicted molar refractivity (Wildman–Crippen MR) is 138 cm³/mol. The SMILES string of the molecule is CCOc1ccc(NC(=O)N(CC(=O)Nc2cc(C(C)(C)C)nn2C(C)(C)C)CC(C)C)cc1. The van der Waals surface area contributed by atoms with Gasteiger partial charge in [-0.15, -0.1) is 0 Å². The number of nitrogens with one attached hydrogen (secondary N) is 2. The number of aromatic nitrogens is 2. The maximum absolute atomic E-state index is 13.0. The normalized spacial score (nSPS) is 11.9. The Labute approximate surface area is 204 Å². The van der Waals surface area contributed by atoms with Crippen LogP contribution >= 0.6 is 0 Å². The number of rotatable bonds is 8. The minimum atomic E-state index is -0.326. The van der Waals surface area contributed by atoms with Crippen molar-refractivity contribution in [2.45, 2.75) is 73.3 Å². The molecule has 0 saturated heterocycles.